The molecule has 1 aromatic carbocycles. The normalized spacial score (nSPS) is 23.2. The lowest BCUT2D eigenvalue weighted by Gasteiger charge is -2.27. The van der Waals surface area contributed by atoms with Gasteiger partial charge in [-0.25, -0.2) is 0 Å². The number of aliphatic hydroxyl groups excluding tert-OH is 1. The first-order valence-corrected chi connectivity index (χ1v) is 7.58. The van der Waals surface area contributed by atoms with Crippen LogP contribution in [-0.2, 0) is 11.0 Å². The Morgan fingerprint density at radius 2 is 1.87 bits per heavy atom. The van der Waals surface area contributed by atoms with Crippen molar-refractivity contribution in [3.63, 3.8) is 0 Å². The highest BCUT2D eigenvalue weighted by molar-refractivity contribution is 5.81. The zero-order valence-corrected chi connectivity index (χ0v) is 12.8. The number of hydrogen-bond acceptors (Lipinski definition) is 3. The first-order chi connectivity index (χ1) is 10.8. The maximum atomic E-state index is 12.9. The minimum Gasteiger partial charge on any atom is -0.480 e. The Bertz CT molecular complexity index is 540. The molecule has 1 aliphatic carbocycles. The summed E-state index contributed by atoms with van der Waals surface area (Å²) in [7, 11) is 0. The number of alkyl halides is 3. The first kappa shape index (κ1) is 17.6. The molecule has 1 saturated carbocycles. The van der Waals surface area contributed by atoms with Gasteiger partial charge < -0.3 is 15.2 Å². The summed E-state index contributed by atoms with van der Waals surface area (Å²) in [5.41, 5.74) is -0.902. The zero-order chi connectivity index (χ0) is 17.0. The fourth-order valence-electron chi connectivity index (χ4n) is 2.59. The first-order valence-electron chi connectivity index (χ1n) is 7.58. The van der Waals surface area contributed by atoms with Crippen molar-refractivity contribution >= 4 is 5.91 Å². The molecule has 0 bridgehead atoms. The van der Waals surface area contributed by atoms with Gasteiger partial charge in [-0.1, -0.05) is 12.1 Å². The van der Waals surface area contributed by atoms with E-state index in [2.05, 4.69) is 5.32 Å². The molecule has 128 valence electrons. The molecular formula is C16H20F3NO3. The highest BCUT2D eigenvalue weighted by atomic mass is 19.4. The number of aliphatic hydroxyl groups is 1. The van der Waals surface area contributed by atoms with E-state index in [1.165, 1.54) is 25.1 Å². The van der Waals surface area contributed by atoms with E-state index in [4.69, 9.17) is 4.74 Å². The number of hydrogen-bond donors (Lipinski definition) is 2. The second-order valence-corrected chi connectivity index (χ2v) is 5.77. The number of carbonyl (C=O) groups is 1. The van der Waals surface area contributed by atoms with Crippen molar-refractivity contribution in [3.8, 4) is 5.75 Å². The quantitative estimate of drug-likeness (QED) is 0.892. The van der Waals surface area contributed by atoms with Crippen LogP contribution >= 0.6 is 0 Å². The number of para-hydroxylation sites is 1. The number of nitrogens with one attached hydrogen (secondary N) is 1. The number of benzene rings is 1. The molecule has 1 unspecified atom stereocenters. The molecule has 1 aromatic rings. The fourth-order valence-corrected chi connectivity index (χ4v) is 2.59. The van der Waals surface area contributed by atoms with Crippen LogP contribution in [0.15, 0.2) is 24.3 Å². The fraction of sp³-hybridized carbons (Fsp3) is 0.562. The van der Waals surface area contributed by atoms with Gasteiger partial charge >= 0.3 is 6.18 Å². The van der Waals surface area contributed by atoms with Gasteiger partial charge in [0, 0.05) is 6.04 Å². The molecule has 1 amide bonds. The maximum absolute atomic E-state index is 12.9. The minimum absolute atomic E-state index is 0.0743. The van der Waals surface area contributed by atoms with Gasteiger partial charge in [0.15, 0.2) is 6.10 Å². The Kier molecular flexibility index (Phi) is 5.51. The van der Waals surface area contributed by atoms with Crippen molar-refractivity contribution < 1.29 is 27.8 Å². The number of halogens is 3. The van der Waals surface area contributed by atoms with Crippen LogP contribution < -0.4 is 10.1 Å². The van der Waals surface area contributed by atoms with E-state index in [-0.39, 0.29) is 17.9 Å². The van der Waals surface area contributed by atoms with Crippen molar-refractivity contribution in [1.82, 2.24) is 5.32 Å². The Hall–Kier alpha value is -1.76. The van der Waals surface area contributed by atoms with Gasteiger partial charge in [0.2, 0.25) is 0 Å². The van der Waals surface area contributed by atoms with Gasteiger partial charge in [0.05, 0.1) is 11.7 Å². The number of ether oxygens (including phenoxy) is 1. The van der Waals surface area contributed by atoms with Crippen LogP contribution in [0.4, 0.5) is 13.2 Å². The van der Waals surface area contributed by atoms with Crippen molar-refractivity contribution in [1.29, 1.82) is 0 Å². The third-order valence-electron chi connectivity index (χ3n) is 3.91. The summed E-state index contributed by atoms with van der Waals surface area (Å²) >= 11 is 0. The molecule has 1 aliphatic rings. The molecule has 7 heteroatoms. The summed E-state index contributed by atoms with van der Waals surface area (Å²) in [6.45, 7) is 1.42. The summed E-state index contributed by atoms with van der Waals surface area (Å²) in [4.78, 5) is 12.1. The van der Waals surface area contributed by atoms with Gasteiger partial charge in [-0.15, -0.1) is 0 Å². The molecule has 2 N–H and O–H groups in total. The lowest BCUT2D eigenvalue weighted by molar-refractivity contribution is -0.140. The van der Waals surface area contributed by atoms with Crippen molar-refractivity contribution in [2.75, 3.05) is 0 Å². The molecule has 0 saturated heterocycles. The van der Waals surface area contributed by atoms with E-state index in [1.807, 2.05) is 0 Å². The van der Waals surface area contributed by atoms with Crippen molar-refractivity contribution in [2.24, 2.45) is 0 Å². The zero-order valence-electron chi connectivity index (χ0n) is 12.8. The van der Waals surface area contributed by atoms with Crippen LogP contribution in [0.1, 0.15) is 38.2 Å². The maximum Gasteiger partial charge on any atom is 0.419 e. The summed E-state index contributed by atoms with van der Waals surface area (Å²) in [6.07, 6.45) is -3.39. The molecule has 1 atom stereocenters. The summed E-state index contributed by atoms with van der Waals surface area (Å²) in [6, 6.07) is 4.74. The SMILES string of the molecule is CC(Oc1ccccc1C(F)(F)F)C(=O)NC1CCC(O)CC1. The Morgan fingerprint density at radius 3 is 2.48 bits per heavy atom. The molecule has 0 heterocycles. The molecule has 1 fully saturated rings. The lowest BCUT2D eigenvalue weighted by atomic mass is 9.93. The van der Waals surface area contributed by atoms with Gasteiger partial charge in [-0.3, -0.25) is 4.79 Å². The summed E-state index contributed by atoms with van der Waals surface area (Å²) in [5.74, 6) is -0.815. The van der Waals surface area contributed by atoms with E-state index in [0.717, 1.165) is 6.07 Å². The van der Waals surface area contributed by atoms with Crippen LogP contribution in [0.5, 0.6) is 5.75 Å². The van der Waals surface area contributed by atoms with Crippen LogP contribution in [0, 0.1) is 0 Å². The molecule has 0 aliphatic heterocycles. The number of rotatable bonds is 4. The third kappa shape index (κ3) is 4.86. The highest BCUT2D eigenvalue weighted by Crippen LogP contribution is 2.36. The second-order valence-electron chi connectivity index (χ2n) is 5.77. The standard InChI is InChI=1S/C16H20F3NO3/c1-10(15(22)20-11-6-8-12(21)9-7-11)23-14-5-3-2-4-13(14)16(17,18)19/h2-5,10-12,21H,6-9H2,1H3,(H,20,22). The monoisotopic (exact) mass is 331 g/mol. The molecule has 0 radical (unpaired) electrons. The molecule has 0 aromatic heterocycles. The van der Waals surface area contributed by atoms with Crippen LogP contribution in [0.2, 0.25) is 0 Å². The summed E-state index contributed by atoms with van der Waals surface area (Å²) in [5, 5.41) is 12.2. The van der Waals surface area contributed by atoms with Crippen LogP contribution in [0.25, 0.3) is 0 Å². The molecule has 2 rings (SSSR count). The van der Waals surface area contributed by atoms with E-state index in [1.54, 1.807) is 0 Å². The van der Waals surface area contributed by atoms with Crippen molar-refractivity contribution in [2.45, 2.75) is 57.0 Å². The average molecular weight is 331 g/mol. The van der Waals surface area contributed by atoms with Gasteiger partial charge in [0.25, 0.3) is 5.91 Å². The largest absolute Gasteiger partial charge is 0.480 e. The molecular weight excluding hydrogens is 311 g/mol. The number of carbonyl (C=O) groups excluding carboxylic acids is 1. The number of amides is 1. The Morgan fingerprint density at radius 1 is 1.26 bits per heavy atom. The van der Waals surface area contributed by atoms with Crippen LogP contribution in [-0.4, -0.2) is 29.3 Å². The van der Waals surface area contributed by atoms with Gasteiger partial charge in [-0.05, 0) is 44.7 Å². The van der Waals surface area contributed by atoms with E-state index >= 15 is 0 Å². The molecule has 4 nitrogen and oxygen atoms in total. The topological polar surface area (TPSA) is 58.6 Å². The van der Waals surface area contributed by atoms with E-state index < -0.39 is 23.8 Å². The highest BCUT2D eigenvalue weighted by Gasteiger charge is 2.35. The molecule has 0 spiro atoms. The third-order valence-corrected chi connectivity index (χ3v) is 3.91. The predicted octanol–water partition coefficient (Wildman–Crippen LogP) is 2.89. The Balaban J connectivity index is 1.96. The Labute approximate surface area is 132 Å². The average Bonchev–Trinajstić information content (AvgIpc) is 2.49. The smallest absolute Gasteiger partial charge is 0.419 e. The predicted molar refractivity (Wildman–Crippen MR) is 77.9 cm³/mol. The van der Waals surface area contributed by atoms with Gasteiger partial charge in [-0.2, -0.15) is 13.2 Å². The lowest BCUT2D eigenvalue weighted by Crippen LogP contribution is -2.44. The van der Waals surface area contributed by atoms with E-state index in [0.29, 0.717) is 25.7 Å². The second kappa shape index (κ2) is 7.21. The minimum atomic E-state index is -4.54. The van der Waals surface area contributed by atoms with Crippen molar-refractivity contribution in [3.05, 3.63) is 29.8 Å². The van der Waals surface area contributed by atoms with Gasteiger partial charge in [0.1, 0.15) is 5.75 Å². The van der Waals surface area contributed by atoms with E-state index in [9.17, 15) is 23.1 Å². The summed E-state index contributed by atoms with van der Waals surface area (Å²) < 4.78 is 43.9. The van der Waals surface area contributed by atoms with Crippen LogP contribution in [0.3, 0.4) is 0 Å². The molecule has 23 heavy (non-hydrogen) atoms.